The summed E-state index contributed by atoms with van der Waals surface area (Å²) in [4.78, 5) is 6.46. The number of anilines is 2. The van der Waals surface area contributed by atoms with Gasteiger partial charge in [0.25, 0.3) is 0 Å². The molecule has 160 valence electrons. The third-order valence-electron chi connectivity index (χ3n) is 4.25. The Labute approximate surface area is 191 Å². The highest BCUT2D eigenvalue weighted by molar-refractivity contribution is 14.0. The lowest BCUT2D eigenvalue weighted by molar-refractivity contribution is 0.172. The standard InChI is InChI=1S/C22H32N4O2.HI/c1-17-10-11-18(21(14-17)26(3)4)16-24-22(23-2)25-19-8-6-9-20(15-19)28-13-7-12-27-5;/h6,8-11,14-15H,7,12-13,16H2,1-5H3,(H2,23,24,25);1H. The maximum absolute atomic E-state index is 5.76. The first-order valence-corrected chi connectivity index (χ1v) is 9.50. The van der Waals surface area contributed by atoms with Crippen LogP contribution in [0.15, 0.2) is 47.5 Å². The van der Waals surface area contributed by atoms with Crippen LogP contribution in [0.3, 0.4) is 0 Å². The van der Waals surface area contributed by atoms with Crippen molar-refractivity contribution in [3.05, 3.63) is 53.6 Å². The minimum atomic E-state index is 0. The van der Waals surface area contributed by atoms with Gasteiger partial charge in [0, 0.05) is 65.3 Å². The van der Waals surface area contributed by atoms with Crippen LogP contribution in [0.5, 0.6) is 5.75 Å². The second-order valence-electron chi connectivity index (χ2n) is 6.80. The van der Waals surface area contributed by atoms with Crippen molar-refractivity contribution in [2.75, 3.05) is 51.7 Å². The molecule has 2 N–H and O–H groups in total. The van der Waals surface area contributed by atoms with Gasteiger partial charge in [-0.15, -0.1) is 24.0 Å². The summed E-state index contributed by atoms with van der Waals surface area (Å²) in [5, 5.41) is 6.70. The normalized spacial score (nSPS) is 10.9. The summed E-state index contributed by atoms with van der Waals surface area (Å²) >= 11 is 0. The van der Waals surface area contributed by atoms with Crippen LogP contribution < -0.4 is 20.3 Å². The fourth-order valence-corrected chi connectivity index (χ4v) is 2.79. The zero-order valence-corrected chi connectivity index (χ0v) is 20.3. The van der Waals surface area contributed by atoms with Gasteiger partial charge in [-0.05, 0) is 36.2 Å². The largest absolute Gasteiger partial charge is 0.493 e. The number of ether oxygens (including phenoxy) is 2. The summed E-state index contributed by atoms with van der Waals surface area (Å²) in [6.45, 7) is 4.11. The summed E-state index contributed by atoms with van der Waals surface area (Å²) < 4.78 is 10.8. The van der Waals surface area contributed by atoms with E-state index in [2.05, 4.69) is 59.7 Å². The molecule has 2 aromatic carbocycles. The van der Waals surface area contributed by atoms with Gasteiger partial charge in [0.2, 0.25) is 0 Å². The predicted molar refractivity (Wildman–Crippen MR) is 133 cm³/mol. The van der Waals surface area contributed by atoms with Crippen molar-refractivity contribution in [3.8, 4) is 5.75 Å². The molecule has 29 heavy (non-hydrogen) atoms. The molecule has 0 amide bonds. The van der Waals surface area contributed by atoms with Crippen molar-refractivity contribution in [2.45, 2.75) is 19.9 Å². The third kappa shape index (κ3) is 8.49. The van der Waals surface area contributed by atoms with E-state index in [4.69, 9.17) is 9.47 Å². The molecule has 2 aromatic rings. The van der Waals surface area contributed by atoms with Gasteiger partial charge >= 0.3 is 0 Å². The van der Waals surface area contributed by atoms with Crippen LogP contribution in [-0.4, -0.2) is 47.4 Å². The molecule has 0 aromatic heterocycles. The average molecular weight is 512 g/mol. The smallest absolute Gasteiger partial charge is 0.195 e. The minimum Gasteiger partial charge on any atom is -0.493 e. The SMILES string of the molecule is CN=C(NCc1ccc(C)cc1N(C)C)Nc1cccc(OCCCOC)c1.I. The van der Waals surface area contributed by atoms with Crippen molar-refractivity contribution in [3.63, 3.8) is 0 Å². The van der Waals surface area contributed by atoms with E-state index >= 15 is 0 Å². The Morgan fingerprint density at radius 3 is 2.59 bits per heavy atom. The van der Waals surface area contributed by atoms with E-state index in [1.165, 1.54) is 16.8 Å². The van der Waals surface area contributed by atoms with Gasteiger partial charge in [0.15, 0.2) is 5.96 Å². The van der Waals surface area contributed by atoms with Crippen molar-refractivity contribution in [2.24, 2.45) is 4.99 Å². The topological polar surface area (TPSA) is 58.1 Å². The van der Waals surface area contributed by atoms with E-state index in [0.29, 0.717) is 25.7 Å². The van der Waals surface area contributed by atoms with Gasteiger partial charge in [-0.2, -0.15) is 0 Å². The maximum Gasteiger partial charge on any atom is 0.195 e. The van der Waals surface area contributed by atoms with Crippen molar-refractivity contribution >= 4 is 41.3 Å². The number of hydrogen-bond donors (Lipinski definition) is 2. The quantitative estimate of drug-likeness (QED) is 0.227. The highest BCUT2D eigenvalue weighted by Gasteiger charge is 2.07. The van der Waals surface area contributed by atoms with Crippen LogP contribution in [0.25, 0.3) is 0 Å². The van der Waals surface area contributed by atoms with Gasteiger partial charge in [-0.1, -0.05) is 18.2 Å². The number of hydrogen-bond acceptors (Lipinski definition) is 4. The van der Waals surface area contributed by atoms with Crippen molar-refractivity contribution in [1.82, 2.24) is 5.32 Å². The minimum absolute atomic E-state index is 0. The molecule has 0 radical (unpaired) electrons. The summed E-state index contributed by atoms with van der Waals surface area (Å²) in [6.07, 6.45) is 0.863. The number of rotatable bonds is 9. The zero-order chi connectivity index (χ0) is 20.4. The van der Waals surface area contributed by atoms with E-state index in [1.54, 1.807) is 14.2 Å². The van der Waals surface area contributed by atoms with E-state index in [-0.39, 0.29) is 24.0 Å². The van der Waals surface area contributed by atoms with Crippen molar-refractivity contribution < 1.29 is 9.47 Å². The van der Waals surface area contributed by atoms with Crippen LogP contribution >= 0.6 is 24.0 Å². The van der Waals surface area contributed by atoms with Gasteiger partial charge in [0.1, 0.15) is 5.75 Å². The highest BCUT2D eigenvalue weighted by Crippen LogP contribution is 2.21. The summed E-state index contributed by atoms with van der Waals surface area (Å²) in [5.41, 5.74) is 4.59. The maximum atomic E-state index is 5.76. The fraction of sp³-hybridized carbons (Fsp3) is 0.409. The number of guanidine groups is 1. The Kier molecular flexibility index (Phi) is 11.5. The highest BCUT2D eigenvalue weighted by atomic mass is 127. The van der Waals surface area contributed by atoms with Gasteiger partial charge in [-0.3, -0.25) is 4.99 Å². The molecule has 0 heterocycles. The van der Waals surface area contributed by atoms with Crippen LogP contribution in [0.4, 0.5) is 11.4 Å². The molecule has 0 atom stereocenters. The van der Waals surface area contributed by atoms with Gasteiger partial charge in [0.05, 0.1) is 6.61 Å². The second-order valence-corrected chi connectivity index (χ2v) is 6.80. The number of methoxy groups -OCH3 is 1. The van der Waals surface area contributed by atoms with Crippen molar-refractivity contribution in [1.29, 1.82) is 0 Å². The lowest BCUT2D eigenvalue weighted by Gasteiger charge is -2.19. The van der Waals surface area contributed by atoms with Gasteiger partial charge in [-0.25, -0.2) is 0 Å². The Morgan fingerprint density at radius 2 is 1.90 bits per heavy atom. The van der Waals surface area contributed by atoms with E-state index in [9.17, 15) is 0 Å². The monoisotopic (exact) mass is 512 g/mol. The molecule has 7 heteroatoms. The molecule has 2 rings (SSSR count). The molecule has 6 nitrogen and oxygen atoms in total. The molecule has 0 saturated carbocycles. The molecule has 0 bridgehead atoms. The van der Waals surface area contributed by atoms with Gasteiger partial charge < -0.3 is 25.0 Å². The van der Waals surface area contributed by atoms with E-state index < -0.39 is 0 Å². The lowest BCUT2D eigenvalue weighted by atomic mass is 10.1. The fourth-order valence-electron chi connectivity index (χ4n) is 2.79. The number of halogens is 1. The Balaban J connectivity index is 0.00000420. The summed E-state index contributed by atoms with van der Waals surface area (Å²) in [7, 11) is 7.58. The second kappa shape index (κ2) is 13.3. The molecule has 0 fully saturated rings. The molecular formula is C22H33IN4O2. The van der Waals surface area contributed by atoms with Crippen LogP contribution in [0, 0.1) is 6.92 Å². The Morgan fingerprint density at radius 1 is 1.10 bits per heavy atom. The van der Waals surface area contributed by atoms with Crippen LogP contribution in [0.2, 0.25) is 0 Å². The third-order valence-corrected chi connectivity index (χ3v) is 4.25. The summed E-state index contributed by atoms with van der Waals surface area (Å²) in [5.74, 6) is 1.53. The molecule has 0 aliphatic heterocycles. The first-order valence-electron chi connectivity index (χ1n) is 9.50. The summed E-state index contributed by atoms with van der Waals surface area (Å²) in [6, 6.07) is 14.3. The van der Waals surface area contributed by atoms with Crippen LogP contribution in [0.1, 0.15) is 17.5 Å². The Bertz CT molecular complexity index is 781. The predicted octanol–water partition coefficient (Wildman–Crippen LogP) is 4.28. The molecule has 0 spiro atoms. The van der Waals surface area contributed by atoms with E-state index in [0.717, 1.165) is 17.9 Å². The first-order chi connectivity index (χ1) is 13.5. The Hall–Kier alpha value is -2.00. The number of benzene rings is 2. The molecular weight excluding hydrogens is 479 g/mol. The molecule has 0 aliphatic carbocycles. The van der Waals surface area contributed by atoms with Crippen LogP contribution in [-0.2, 0) is 11.3 Å². The number of nitrogens with one attached hydrogen (secondary N) is 2. The zero-order valence-electron chi connectivity index (χ0n) is 18.0. The first kappa shape index (κ1) is 25.0. The number of nitrogens with zero attached hydrogens (tertiary/aromatic N) is 2. The van der Waals surface area contributed by atoms with E-state index in [1.807, 2.05) is 24.3 Å². The molecule has 0 unspecified atom stereocenters. The number of aryl methyl sites for hydroxylation is 1. The number of aliphatic imine (C=N–C) groups is 1. The average Bonchev–Trinajstić information content (AvgIpc) is 2.69. The molecule has 0 saturated heterocycles. The molecule has 0 aliphatic rings. The lowest BCUT2D eigenvalue weighted by Crippen LogP contribution is -2.30.